The molecule has 0 spiro atoms. The van der Waals surface area contributed by atoms with Gasteiger partial charge in [0.1, 0.15) is 5.75 Å². The van der Waals surface area contributed by atoms with Crippen LogP contribution in [0.1, 0.15) is 67.1 Å². The van der Waals surface area contributed by atoms with E-state index in [0.29, 0.717) is 18.4 Å². The molecule has 150 valence electrons. The molecule has 2 aromatic carbocycles. The molecule has 0 saturated carbocycles. The average Bonchev–Trinajstić information content (AvgIpc) is 2.66. The highest BCUT2D eigenvalue weighted by atomic mass is 16.5. The van der Waals surface area contributed by atoms with Crippen LogP contribution < -0.4 is 4.74 Å². The molecule has 28 heavy (non-hydrogen) atoms. The summed E-state index contributed by atoms with van der Waals surface area (Å²) in [6.07, 6.45) is 1.16. The summed E-state index contributed by atoms with van der Waals surface area (Å²) in [7, 11) is 0. The van der Waals surface area contributed by atoms with E-state index in [1.165, 1.54) is 24.3 Å². The monoisotopic (exact) mass is 386 g/mol. The fourth-order valence-electron chi connectivity index (χ4n) is 3.40. The number of carboxylic acids is 2. The highest BCUT2D eigenvalue weighted by Gasteiger charge is 2.32. The fourth-order valence-corrected chi connectivity index (χ4v) is 3.40. The van der Waals surface area contributed by atoms with E-state index in [1.54, 1.807) is 24.3 Å². The molecule has 3 N–H and O–H groups in total. The Morgan fingerprint density at radius 3 is 2.21 bits per heavy atom. The van der Waals surface area contributed by atoms with Crippen molar-refractivity contribution in [2.45, 2.75) is 51.2 Å². The van der Waals surface area contributed by atoms with E-state index in [9.17, 15) is 19.8 Å². The van der Waals surface area contributed by atoms with Crippen molar-refractivity contribution in [3.8, 4) is 5.75 Å². The second-order valence-electron chi connectivity index (χ2n) is 6.79. The van der Waals surface area contributed by atoms with Crippen LogP contribution in [0, 0.1) is 0 Å². The Balaban J connectivity index is 2.46. The summed E-state index contributed by atoms with van der Waals surface area (Å²) in [6, 6.07) is 12.5. The molecular weight excluding hydrogens is 360 g/mol. The smallest absolute Gasteiger partial charge is 0.349 e. The number of aliphatic carboxylic acids is 1. The molecule has 0 saturated heterocycles. The first-order valence-corrected chi connectivity index (χ1v) is 9.37. The van der Waals surface area contributed by atoms with Gasteiger partial charge in [-0.2, -0.15) is 0 Å². The second kappa shape index (κ2) is 9.37. The van der Waals surface area contributed by atoms with E-state index >= 15 is 0 Å². The molecule has 1 unspecified atom stereocenters. The number of carboxylic acid groups (broad SMARTS) is 2. The predicted molar refractivity (Wildman–Crippen MR) is 105 cm³/mol. The van der Waals surface area contributed by atoms with Gasteiger partial charge >= 0.3 is 11.9 Å². The maximum atomic E-state index is 11.9. The number of aromatic carboxylic acids is 1. The third-order valence-corrected chi connectivity index (χ3v) is 4.62. The van der Waals surface area contributed by atoms with Crippen LogP contribution >= 0.6 is 0 Å². The third kappa shape index (κ3) is 4.89. The molecule has 0 aliphatic rings. The molecule has 0 aromatic heterocycles. The van der Waals surface area contributed by atoms with Gasteiger partial charge in [-0.05, 0) is 31.0 Å². The van der Waals surface area contributed by atoms with Crippen molar-refractivity contribution in [3.05, 3.63) is 65.2 Å². The number of hydrogen-bond acceptors (Lipinski definition) is 4. The molecule has 0 heterocycles. The van der Waals surface area contributed by atoms with E-state index in [0.717, 1.165) is 12.8 Å². The standard InChI is InChI=1S/C22H26O6/c1-3-12-22(27,13-4-2)17-10-5-6-11-18(17)28-19(21(25)26)15-8-7-9-16(14-15)20(23)24/h5-11,14,19,27H,3-4,12-13H2,1-2H3,(H,23,24)(H,25,26). The van der Waals surface area contributed by atoms with E-state index in [1.807, 2.05) is 13.8 Å². The van der Waals surface area contributed by atoms with Crippen LogP contribution in [0.3, 0.4) is 0 Å². The lowest BCUT2D eigenvalue weighted by Gasteiger charge is -2.30. The van der Waals surface area contributed by atoms with Gasteiger partial charge in [0.05, 0.1) is 11.2 Å². The lowest BCUT2D eigenvalue weighted by molar-refractivity contribution is -0.145. The van der Waals surface area contributed by atoms with Crippen LogP contribution in [-0.4, -0.2) is 27.3 Å². The molecule has 2 aromatic rings. The minimum absolute atomic E-state index is 0.0193. The Hall–Kier alpha value is -2.86. The van der Waals surface area contributed by atoms with Gasteiger partial charge in [0, 0.05) is 11.1 Å². The Bertz CT molecular complexity index is 823. The topological polar surface area (TPSA) is 104 Å². The van der Waals surface area contributed by atoms with Crippen molar-refractivity contribution in [1.29, 1.82) is 0 Å². The number of aliphatic hydroxyl groups is 1. The zero-order chi connectivity index (χ0) is 20.7. The quantitative estimate of drug-likeness (QED) is 0.560. The molecule has 0 aliphatic heterocycles. The van der Waals surface area contributed by atoms with Crippen LogP contribution in [0.25, 0.3) is 0 Å². The van der Waals surface area contributed by atoms with Gasteiger partial charge < -0.3 is 20.1 Å². The van der Waals surface area contributed by atoms with Crippen LogP contribution in [0.5, 0.6) is 5.75 Å². The number of carbonyl (C=O) groups is 2. The van der Waals surface area contributed by atoms with E-state index < -0.39 is 23.6 Å². The molecule has 0 bridgehead atoms. The average molecular weight is 386 g/mol. The molecule has 0 radical (unpaired) electrons. The van der Waals surface area contributed by atoms with Crippen LogP contribution in [0.2, 0.25) is 0 Å². The fraction of sp³-hybridized carbons (Fsp3) is 0.364. The van der Waals surface area contributed by atoms with Crippen molar-refractivity contribution in [1.82, 2.24) is 0 Å². The maximum Gasteiger partial charge on any atom is 0.349 e. The first-order valence-electron chi connectivity index (χ1n) is 9.37. The van der Waals surface area contributed by atoms with Gasteiger partial charge in [-0.3, -0.25) is 0 Å². The van der Waals surface area contributed by atoms with Gasteiger partial charge in [-0.15, -0.1) is 0 Å². The van der Waals surface area contributed by atoms with Gasteiger partial charge in [0.2, 0.25) is 6.10 Å². The second-order valence-corrected chi connectivity index (χ2v) is 6.79. The summed E-state index contributed by atoms with van der Waals surface area (Å²) in [5.74, 6) is -2.11. The molecule has 6 heteroatoms. The first-order chi connectivity index (χ1) is 13.3. The number of hydrogen-bond donors (Lipinski definition) is 3. The minimum atomic E-state index is -1.40. The van der Waals surface area contributed by atoms with Crippen molar-refractivity contribution < 1.29 is 29.6 Å². The lowest BCUT2D eigenvalue weighted by atomic mass is 9.84. The first kappa shape index (κ1) is 21.4. The molecule has 0 aliphatic carbocycles. The number of benzene rings is 2. The van der Waals surface area contributed by atoms with Crippen molar-refractivity contribution >= 4 is 11.9 Å². The molecule has 6 nitrogen and oxygen atoms in total. The summed E-state index contributed by atoms with van der Waals surface area (Å²) in [6.45, 7) is 3.95. The Labute approximate surface area is 164 Å². The van der Waals surface area contributed by atoms with E-state index in [4.69, 9.17) is 9.84 Å². The van der Waals surface area contributed by atoms with Gasteiger partial charge in [0.25, 0.3) is 0 Å². The summed E-state index contributed by atoms with van der Waals surface area (Å²) >= 11 is 0. The largest absolute Gasteiger partial charge is 0.478 e. The normalized spacial score (nSPS) is 12.4. The van der Waals surface area contributed by atoms with Crippen LogP contribution in [0.15, 0.2) is 48.5 Å². The molecular formula is C22H26O6. The van der Waals surface area contributed by atoms with Crippen molar-refractivity contribution in [3.63, 3.8) is 0 Å². The van der Waals surface area contributed by atoms with Crippen LogP contribution in [0.4, 0.5) is 0 Å². The zero-order valence-corrected chi connectivity index (χ0v) is 16.1. The number of rotatable bonds is 10. The highest BCUT2D eigenvalue weighted by Crippen LogP contribution is 2.39. The minimum Gasteiger partial charge on any atom is -0.478 e. The Kier molecular flexibility index (Phi) is 7.18. The Morgan fingerprint density at radius 2 is 1.64 bits per heavy atom. The summed E-state index contributed by atoms with van der Waals surface area (Å²) < 4.78 is 5.81. The maximum absolute atomic E-state index is 11.9. The zero-order valence-electron chi connectivity index (χ0n) is 16.1. The summed E-state index contributed by atoms with van der Waals surface area (Å²) in [5, 5.41) is 30.0. The van der Waals surface area contributed by atoms with Gasteiger partial charge in [-0.1, -0.05) is 57.0 Å². The number of ether oxygens (including phenoxy) is 1. The molecule has 0 fully saturated rings. The third-order valence-electron chi connectivity index (χ3n) is 4.62. The van der Waals surface area contributed by atoms with Gasteiger partial charge in [-0.25, -0.2) is 9.59 Å². The van der Waals surface area contributed by atoms with Crippen LogP contribution in [-0.2, 0) is 10.4 Å². The lowest BCUT2D eigenvalue weighted by Crippen LogP contribution is -2.27. The van der Waals surface area contributed by atoms with Crippen molar-refractivity contribution in [2.24, 2.45) is 0 Å². The molecule has 1 atom stereocenters. The summed E-state index contributed by atoms with van der Waals surface area (Å²) in [4.78, 5) is 23.1. The number of para-hydroxylation sites is 1. The van der Waals surface area contributed by atoms with Gasteiger partial charge in [0.15, 0.2) is 0 Å². The van der Waals surface area contributed by atoms with Crippen molar-refractivity contribution in [2.75, 3.05) is 0 Å². The highest BCUT2D eigenvalue weighted by molar-refractivity contribution is 5.88. The summed E-state index contributed by atoms with van der Waals surface area (Å²) in [5.41, 5.74) is -0.378. The van der Waals surface area contributed by atoms with E-state index in [2.05, 4.69) is 0 Å². The molecule has 0 amide bonds. The SMILES string of the molecule is CCCC(O)(CCC)c1ccccc1OC(C(=O)O)c1cccc(C(=O)O)c1. The molecule has 2 rings (SSSR count). The predicted octanol–water partition coefficient (Wildman–Crippen LogP) is 4.38. The van der Waals surface area contributed by atoms with E-state index in [-0.39, 0.29) is 16.9 Å². The Morgan fingerprint density at radius 1 is 1.00 bits per heavy atom.